The van der Waals surface area contributed by atoms with Gasteiger partial charge in [-0.1, -0.05) is 44.5 Å². The smallest absolute Gasteiger partial charge is 0.224 e. The van der Waals surface area contributed by atoms with Crippen molar-refractivity contribution in [3.05, 3.63) is 35.4 Å². The van der Waals surface area contributed by atoms with E-state index in [9.17, 15) is 4.79 Å². The Morgan fingerprint density at radius 2 is 2.18 bits per heavy atom. The van der Waals surface area contributed by atoms with E-state index in [0.29, 0.717) is 5.92 Å². The van der Waals surface area contributed by atoms with Crippen molar-refractivity contribution in [1.29, 1.82) is 0 Å². The number of carbonyl (C=O) groups excluding carboxylic acids is 1. The zero-order valence-electron chi connectivity index (χ0n) is 10.7. The van der Waals surface area contributed by atoms with Crippen LogP contribution in [-0.2, 0) is 11.2 Å². The predicted molar refractivity (Wildman–Crippen MR) is 70.0 cm³/mol. The van der Waals surface area contributed by atoms with Gasteiger partial charge in [-0.25, -0.2) is 0 Å². The maximum Gasteiger partial charge on any atom is 0.224 e. The molecule has 0 radical (unpaired) electrons. The SMILES string of the molecule is CCCCNC(=O)[C@@H]1Cc2ccccc2[C@H]1C. The third-order valence-electron chi connectivity index (χ3n) is 3.76. The lowest BCUT2D eigenvalue weighted by atomic mass is 9.94. The quantitative estimate of drug-likeness (QED) is 0.793. The van der Waals surface area contributed by atoms with Gasteiger partial charge in [-0.15, -0.1) is 0 Å². The Hall–Kier alpha value is -1.31. The largest absolute Gasteiger partial charge is 0.356 e. The van der Waals surface area contributed by atoms with Gasteiger partial charge < -0.3 is 5.32 Å². The summed E-state index contributed by atoms with van der Waals surface area (Å²) in [4.78, 5) is 12.1. The molecule has 1 amide bonds. The number of amides is 1. The molecular weight excluding hydrogens is 210 g/mol. The van der Waals surface area contributed by atoms with E-state index in [1.165, 1.54) is 11.1 Å². The Balaban J connectivity index is 1.99. The third-order valence-corrected chi connectivity index (χ3v) is 3.76. The Morgan fingerprint density at radius 3 is 2.88 bits per heavy atom. The summed E-state index contributed by atoms with van der Waals surface area (Å²) >= 11 is 0. The van der Waals surface area contributed by atoms with Crippen LogP contribution in [0.15, 0.2) is 24.3 Å². The van der Waals surface area contributed by atoms with Gasteiger partial charge in [0.15, 0.2) is 0 Å². The van der Waals surface area contributed by atoms with E-state index in [1.807, 2.05) is 0 Å². The first-order chi connectivity index (χ1) is 8.24. The molecule has 92 valence electrons. The van der Waals surface area contributed by atoms with Gasteiger partial charge in [-0.3, -0.25) is 4.79 Å². The second-order valence-electron chi connectivity index (χ2n) is 4.94. The lowest BCUT2D eigenvalue weighted by molar-refractivity contribution is -0.125. The minimum Gasteiger partial charge on any atom is -0.356 e. The summed E-state index contributed by atoms with van der Waals surface area (Å²) in [7, 11) is 0. The second kappa shape index (κ2) is 5.35. The van der Waals surface area contributed by atoms with E-state index in [-0.39, 0.29) is 11.8 Å². The summed E-state index contributed by atoms with van der Waals surface area (Å²) in [5, 5.41) is 3.05. The van der Waals surface area contributed by atoms with Crippen molar-refractivity contribution in [2.45, 2.75) is 39.0 Å². The van der Waals surface area contributed by atoms with Gasteiger partial charge in [0, 0.05) is 12.5 Å². The van der Waals surface area contributed by atoms with Crippen molar-refractivity contribution in [2.75, 3.05) is 6.54 Å². The molecule has 0 saturated carbocycles. The Kier molecular flexibility index (Phi) is 3.82. The standard InChI is InChI=1S/C15H21NO/c1-3-4-9-16-15(17)14-10-12-7-5-6-8-13(12)11(14)2/h5-8,11,14H,3-4,9-10H2,1-2H3,(H,16,17)/t11-,14-/m1/s1. The number of nitrogens with one attached hydrogen (secondary N) is 1. The molecule has 17 heavy (non-hydrogen) atoms. The number of hydrogen-bond acceptors (Lipinski definition) is 1. The summed E-state index contributed by atoms with van der Waals surface area (Å²) in [5.41, 5.74) is 2.69. The number of benzene rings is 1. The van der Waals surface area contributed by atoms with Crippen molar-refractivity contribution in [3.8, 4) is 0 Å². The lowest BCUT2D eigenvalue weighted by Crippen LogP contribution is -2.33. The molecule has 0 fully saturated rings. The molecule has 0 spiro atoms. The van der Waals surface area contributed by atoms with Gasteiger partial charge in [-0.2, -0.15) is 0 Å². The first-order valence-corrected chi connectivity index (χ1v) is 6.59. The summed E-state index contributed by atoms with van der Waals surface area (Å²) < 4.78 is 0. The number of fused-ring (bicyclic) bond motifs is 1. The van der Waals surface area contributed by atoms with Crippen LogP contribution in [0.3, 0.4) is 0 Å². The summed E-state index contributed by atoms with van der Waals surface area (Å²) in [5.74, 6) is 0.708. The van der Waals surface area contributed by atoms with Crippen molar-refractivity contribution < 1.29 is 4.79 Å². The third kappa shape index (κ3) is 2.51. The highest BCUT2D eigenvalue weighted by molar-refractivity contribution is 5.81. The first-order valence-electron chi connectivity index (χ1n) is 6.59. The van der Waals surface area contributed by atoms with Gasteiger partial charge in [0.25, 0.3) is 0 Å². The lowest BCUT2D eigenvalue weighted by Gasteiger charge is -2.15. The zero-order chi connectivity index (χ0) is 12.3. The highest BCUT2D eigenvalue weighted by atomic mass is 16.1. The molecular formula is C15H21NO. The van der Waals surface area contributed by atoms with Crippen LogP contribution in [0, 0.1) is 5.92 Å². The first kappa shape index (κ1) is 12.2. The van der Waals surface area contributed by atoms with E-state index in [4.69, 9.17) is 0 Å². The van der Waals surface area contributed by atoms with Crippen molar-refractivity contribution in [3.63, 3.8) is 0 Å². The van der Waals surface area contributed by atoms with Gasteiger partial charge in [0.05, 0.1) is 0 Å². The Bertz CT molecular complexity index is 400. The fourth-order valence-electron chi connectivity index (χ4n) is 2.63. The molecule has 1 aliphatic rings. The van der Waals surface area contributed by atoms with Crippen molar-refractivity contribution in [1.82, 2.24) is 5.32 Å². The normalized spacial score (nSPS) is 22.2. The topological polar surface area (TPSA) is 29.1 Å². The number of carbonyl (C=O) groups is 1. The Labute approximate surface area is 103 Å². The second-order valence-corrected chi connectivity index (χ2v) is 4.94. The maximum absolute atomic E-state index is 12.1. The van der Waals surface area contributed by atoms with Crippen LogP contribution in [0.1, 0.15) is 43.7 Å². The number of hydrogen-bond donors (Lipinski definition) is 1. The molecule has 2 atom stereocenters. The van der Waals surface area contributed by atoms with Crippen LogP contribution >= 0.6 is 0 Å². The van der Waals surface area contributed by atoms with E-state index >= 15 is 0 Å². The highest BCUT2D eigenvalue weighted by Gasteiger charge is 2.33. The van der Waals surface area contributed by atoms with Crippen molar-refractivity contribution >= 4 is 5.91 Å². The maximum atomic E-state index is 12.1. The molecule has 2 heteroatoms. The molecule has 1 aromatic rings. The number of unbranched alkanes of at least 4 members (excludes halogenated alkanes) is 1. The fraction of sp³-hybridized carbons (Fsp3) is 0.533. The zero-order valence-corrected chi connectivity index (χ0v) is 10.7. The average molecular weight is 231 g/mol. The summed E-state index contributed by atoms with van der Waals surface area (Å²) in [6, 6.07) is 8.42. The van der Waals surface area contributed by atoms with Gasteiger partial charge in [0.2, 0.25) is 5.91 Å². The molecule has 0 aliphatic heterocycles. The average Bonchev–Trinajstić information content (AvgIpc) is 2.68. The molecule has 0 saturated heterocycles. The predicted octanol–water partition coefficient (Wildman–Crippen LogP) is 2.88. The molecule has 1 aromatic carbocycles. The highest BCUT2D eigenvalue weighted by Crippen LogP contribution is 2.37. The monoisotopic (exact) mass is 231 g/mol. The van der Waals surface area contributed by atoms with Crippen molar-refractivity contribution in [2.24, 2.45) is 5.92 Å². The van der Waals surface area contributed by atoms with Crippen LogP contribution in [0.25, 0.3) is 0 Å². The fourth-order valence-corrected chi connectivity index (χ4v) is 2.63. The molecule has 0 unspecified atom stereocenters. The van der Waals surface area contributed by atoms with E-state index < -0.39 is 0 Å². The molecule has 0 aromatic heterocycles. The Morgan fingerprint density at radius 1 is 1.41 bits per heavy atom. The minimum atomic E-state index is 0.129. The van der Waals surface area contributed by atoms with Gasteiger partial charge >= 0.3 is 0 Å². The summed E-state index contributed by atoms with van der Waals surface area (Å²) in [6.07, 6.45) is 3.09. The molecule has 2 nitrogen and oxygen atoms in total. The van der Waals surface area contributed by atoms with Crippen LogP contribution in [0.2, 0.25) is 0 Å². The van der Waals surface area contributed by atoms with E-state index in [2.05, 4.69) is 43.4 Å². The van der Waals surface area contributed by atoms with E-state index in [0.717, 1.165) is 25.8 Å². The minimum absolute atomic E-state index is 0.129. The van der Waals surface area contributed by atoms with E-state index in [1.54, 1.807) is 0 Å². The van der Waals surface area contributed by atoms with Gasteiger partial charge in [-0.05, 0) is 29.9 Å². The molecule has 1 N–H and O–H groups in total. The van der Waals surface area contributed by atoms with Gasteiger partial charge in [0.1, 0.15) is 0 Å². The van der Waals surface area contributed by atoms with Crippen LogP contribution < -0.4 is 5.32 Å². The van der Waals surface area contributed by atoms with Crippen LogP contribution in [0.4, 0.5) is 0 Å². The number of rotatable bonds is 4. The molecule has 1 aliphatic carbocycles. The molecule has 2 rings (SSSR count). The molecule has 0 heterocycles. The van der Waals surface area contributed by atoms with Crippen LogP contribution in [0.5, 0.6) is 0 Å². The summed E-state index contributed by atoms with van der Waals surface area (Å²) in [6.45, 7) is 5.12. The van der Waals surface area contributed by atoms with Crippen LogP contribution in [-0.4, -0.2) is 12.5 Å². The molecule has 0 bridgehead atoms.